The van der Waals surface area contributed by atoms with Gasteiger partial charge in [-0.15, -0.1) is 0 Å². The van der Waals surface area contributed by atoms with Crippen molar-refractivity contribution in [2.75, 3.05) is 26.2 Å². The first-order valence-electron chi connectivity index (χ1n) is 15.2. The lowest BCUT2D eigenvalue weighted by Gasteiger charge is -2.57. The van der Waals surface area contributed by atoms with Crippen LogP contribution in [0.3, 0.4) is 0 Å². The molecule has 0 spiro atoms. The van der Waals surface area contributed by atoms with Gasteiger partial charge in [-0.1, -0.05) is 12.8 Å². The molecule has 0 aromatic heterocycles. The van der Waals surface area contributed by atoms with Crippen LogP contribution >= 0.6 is 0 Å². The van der Waals surface area contributed by atoms with Crippen LogP contribution in [0, 0.1) is 72.5 Å². The van der Waals surface area contributed by atoms with Crippen LogP contribution in [0.1, 0.15) is 44.9 Å². The Morgan fingerprint density at radius 2 is 0.816 bits per heavy atom. The summed E-state index contributed by atoms with van der Waals surface area (Å²) in [7, 11) is 0. The van der Waals surface area contributed by atoms with Gasteiger partial charge in [-0.05, 0) is 57.0 Å². The summed E-state index contributed by atoms with van der Waals surface area (Å²) in [4.78, 5) is 61.3. The molecular formula is C27H32N8O14. The maximum absolute atomic E-state index is 10.4. The van der Waals surface area contributed by atoms with E-state index in [1.165, 1.54) is 64.7 Å². The first-order chi connectivity index (χ1) is 23.1. The monoisotopic (exact) mass is 692 g/mol. The molecule has 0 radical (unpaired) electrons. The molecule has 2 N–H and O–H groups in total. The Bertz CT molecular complexity index is 1480. The van der Waals surface area contributed by atoms with Gasteiger partial charge in [-0.25, -0.2) is 0 Å². The Hall–Kier alpha value is -5.64. The number of fused-ring (bicyclic) bond motifs is 6. The number of aromatic hydroxyl groups is 2. The fraction of sp³-hybridized carbons (Fsp3) is 0.556. The smallest absolute Gasteiger partial charge is 0.324 e. The molecular weight excluding hydrogens is 660 g/mol. The quantitative estimate of drug-likeness (QED) is 0.309. The molecule has 6 rings (SSSR count). The number of hydrogen-bond acceptors (Lipinski definition) is 16. The molecule has 22 heteroatoms. The van der Waals surface area contributed by atoms with Gasteiger partial charge in [0.1, 0.15) is 0 Å². The van der Waals surface area contributed by atoms with Crippen molar-refractivity contribution in [3.05, 3.63) is 85.0 Å². The number of nitro groups is 6. The first-order valence-corrected chi connectivity index (χ1v) is 15.2. The second-order valence-corrected chi connectivity index (χ2v) is 12.1. The number of nitro benzene ring substituents is 6. The molecule has 4 aliphatic heterocycles. The normalized spacial score (nSPS) is 22.8. The average Bonchev–Trinajstić information content (AvgIpc) is 3.05. The summed E-state index contributed by atoms with van der Waals surface area (Å²) >= 11 is 0. The minimum absolute atomic E-state index is 0.447. The van der Waals surface area contributed by atoms with Gasteiger partial charge in [0.05, 0.1) is 53.8 Å². The maximum atomic E-state index is 10.4. The SMILES string of the molecule is C1CCN2C[C@@H]3C[C@@H](CN4CCCC[C@@H]34)[C@H]2C1.O=[N+]([O-])c1cc([N+](=O)[O-])c(O)c([N+](=O)[O-])c1.O=[N+]([O-])c1cc([N+](=O)[O-])c(O)c([N+](=O)[O-])c1. The van der Waals surface area contributed by atoms with Crippen LogP contribution in [0.4, 0.5) is 34.1 Å². The topological polar surface area (TPSA) is 306 Å². The number of piperidine rings is 4. The lowest BCUT2D eigenvalue weighted by molar-refractivity contribution is -0.404. The molecule has 49 heavy (non-hydrogen) atoms. The summed E-state index contributed by atoms with van der Waals surface area (Å²) in [6.07, 6.45) is 10.5. The Morgan fingerprint density at radius 3 is 1.08 bits per heavy atom. The summed E-state index contributed by atoms with van der Waals surface area (Å²) in [6.45, 7) is 5.68. The summed E-state index contributed by atoms with van der Waals surface area (Å²) in [5, 5.41) is 80.4. The fourth-order valence-electron chi connectivity index (χ4n) is 7.20. The number of rotatable bonds is 6. The van der Waals surface area contributed by atoms with Crippen molar-refractivity contribution >= 4 is 34.1 Å². The first kappa shape index (κ1) is 36.2. The second-order valence-electron chi connectivity index (χ2n) is 12.1. The van der Waals surface area contributed by atoms with Crippen LogP contribution in [-0.4, -0.2) is 87.8 Å². The molecule has 2 aromatic rings. The number of hydrogen-bond donors (Lipinski definition) is 2. The molecule has 4 fully saturated rings. The summed E-state index contributed by atoms with van der Waals surface area (Å²) in [5.41, 5.74) is -6.00. The number of benzene rings is 2. The summed E-state index contributed by atoms with van der Waals surface area (Å²) in [5.74, 6) is -0.381. The molecule has 2 bridgehead atoms. The Kier molecular flexibility index (Phi) is 11.1. The van der Waals surface area contributed by atoms with E-state index in [1.807, 2.05) is 0 Å². The summed E-state index contributed by atoms with van der Waals surface area (Å²) in [6, 6.07) is 3.71. The number of non-ortho nitro benzene ring substituents is 2. The molecule has 4 saturated heterocycles. The van der Waals surface area contributed by atoms with Crippen LogP contribution in [0.5, 0.6) is 11.5 Å². The van der Waals surface area contributed by atoms with Crippen molar-refractivity contribution in [2.45, 2.75) is 57.0 Å². The minimum atomic E-state index is -1.21. The molecule has 4 atom stereocenters. The van der Waals surface area contributed by atoms with E-state index in [2.05, 4.69) is 9.80 Å². The van der Waals surface area contributed by atoms with Gasteiger partial charge in [-0.2, -0.15) is 0 Å². The van der Waals surface area contributed by atoms with Crippen LogP contribution in [0.15, 0.2) is 24.3 Å². The molecule has 4 aliphatic rings. The van der Waals surface area contributed by atoms with Crippen LogP contribution in [-0.2, 0) is 0 Å². The minimum Gasteiger partial charge on any atom is -0.497 e. The van der Waals surface area contributed by atoms with Gasteiger partial charge in [0.25, 0.3) is 22.9 Å². The maximum Gasteiger partial charge on any atom is 0.324 e. The standard InChI is InChI=1S/C15H26N2.2C6H3N3O7/c1-3-7-16-11-13-9-12(14(16)5-1)10-17-8-4-2-6-15(13)17;2*10-6-4(8(13)14)1-3(7(11)12)2-5(6)9(15)16/h12-15H,1-11H2;2*1-2,10H/t12-,13-,14-,15+;;/m0../s1. The highest BCUT2D eigenvalue weighted by atomic mass is 16.7. The highest BCUT2D eigenvalue weighted by Crippen LogP contribution is 2.43. The molecule has 264 valence electrons. The van der Waals surface area contributed by atoms with Crippen LogP contribution in [0.25, 0.3) is 0 Å². The molecule has 0 amide bonds. The van der Waals surface area contributed by atoms with E-state index in [-0.39, 0.29) is 0 Å². The van der Waals surface area contributed by atoms with E-state index in [9.17, 15) is 60.7 Å². The molecule has 0 saturated carbocycles. The zero-order valence-corrected chi connectivity index (χ0v) is 25.8. The van der Waals surface area contributed by atoms with Crippen molar-refractivity contribution in [2.24, 2.45) is 11.8 Å². The van der Waals surface area contributed by atoms with Gasteiger partial charge in [0.2, 0.25) is 0 Å². The molecule has 0 aliphatic carbocycles. The molecule has 22 nitrogen and oxygen atoms in total. The lowest BCUT2D eigenvalue weighted by atomic mass is 9.71. The lowest BCUT2D eigenvalue weighted by Crippen LogP contribution is -2.63. The molecule has 2 aromatic carbocycles. The summed E-state index contributed by atoms with van der Waals surface area (Å²) < 4.78 is 0. The van der Waals surface area contributed by atoms with Crippen molar-refractivity contribution in [1.82, 2.24) is 9.80 Å². The van der Waals surface area contributed by atoms with E-state index in [0.29, 0.717) is 24.3 Å². The van der Waals surface area contributed by atoms with Gasteiger partial charge < -0.3 is 10.2 Å². The van der Waals surface area contributed by atoms with Crippen LogP contribution in [0.2, 0.25) is 0 Å². The van der Waals surface area contributed by atoms with Crippen molar-refractivity contribution in [3.8, 4) is 11.5 Å². The number of phenolic OH excluding ortho intramolecular Hbond substituents is 2. The van der Waals surface area contributed by atoms with Crippen molar-refractivity contribution < 1.29 is 39.8 Å². The van der Waals surface area contributed by atoms with E-state index in [1.54, 1.807) is 6.42 Å². The van der Waals surface area contributed by atoms with Gasteiger partial charge >= 0.3 is 22.7 Å². The van der Waals surface area contributed by atoms with Gasteiger partial charge in [0, 0.05) is 25.2 Å². The van der Waals surface area contributed by atoms with E-state index < -0.39 is 75.2 Å². The third-order valence-electron chi connectivity index (χ3n) is 9.28. The van der Waals surface area contributed by atoms with E-state index >= 15 is 0 Å². The predicted octanol–water partition coefficient (Wildman–Crippen LogP) is 4.58. The van der Waals surface area contributed by atoms with E-state index in [4.69, 9.17) is 10.2 Å². The van der Waals surface area contributed by atoms with Crippen LogP contribution < -0.4 is 0 Å². The molecule has 0 unspecified atom stereocenters. The van der Waals surface area contributed by atoms with E-state index in [0.717, 1.165) is 23.9 Å². The Balaban J connectivity index is 0.000000166. The fourth-order valence-corrected chi connectivity index (χ4v) is 7.20. The van der Waals surface area contributed by atoms with Crippen molar-refractivity contribution in [1.29, 1.82) is 0 Å². The average molecular weight is 693 g/mol. The number of phenols is 2. The highest BCUT2D eigenvalue weighted by molar-refractivity contribution is 5.65. The van der Waals surface area contributed by atoms with Gasteiger partial charge in [-0.3, -0.25) is 70.5 Å². The highest BCUT2D eigenvalue weighted by Gasteiger charge is 2.46. The zero-order chi connectivity index (χ0) is 36.2. The predicted molar refractivity (Wildman–Crippen MR) is 166 cm³/mol. The zero-order valence-electron chi connectivity index (χ0n) is 25.8. The van der Waals surface area contributed by atoms with Gasteiger partial charge in [0.15, 0.2) is 0 Å². The number of nitrogens with zero attached hydrogens (tertiary/aromatic N) is 8. The second kappa shape index (κ2) is 15.1. The third-order valence-corrected chi connectivity index (χ3v) is 9.28. The Morgan fingerprint density at radius 1 is 0.510 bits per heavy atom. The third kappa shape index (κ3) is 8.09. The molecule has 4 heterocycles. The van der Waals surface area contributed by atoms with Crippen molar-refractivity contribution in [3.63, 3.8) is 0 Å². The largest absolute Gasteiger partial charge is 0.497 e. The Labute approximate surface area is 275 Å².